The predicted octanol–water partition coefficient (Wildman–Crippen LogP) is 2.83. The smallest absolute Gasteiger partial charge is 0.0565 e. The molecule has 0 spiro atoms. The molecule has 0 radical (unpaired) electrons. The second-order valence-electron chi connectivity index (χ2n) is 4.01. The summed E-state index contributed by atoms with van der Waals surface area (Å²) in [6.07, 6.45) is 2.12. The summed E-state index contributed by atoms with van der Waals surface area (Å²) in [4.78, 5) is 0. The van der Waals surface area contributed by atoms with Crippen molar-refractivity contribution in [3.63, 3.8) is 0 Å². The monoisotopic (exact) mass is 158 g/mol. The van der Waals surface area contributed by atoms with Gasteiger partial charge < -0.3 is 5.11 Å². The summed E-state index contributed by atoms with van der Waals surface area (Å²) in [5.74, 6) is 0.641. The maximum Gasteiger partial charge on any atom is 0.0565 e. The molecular formula is C10H22O. The lowest BCUT2D eigenvalue weighted by molar-refractivity contribution is 0.0163. The van der Waals surface area contributed by atoms with Crippen LogP contribution in [0.1, 0.15) is 47.5 Å². The first-order chi connectivity index (χ1) is 4.96. The number of hydrogen-bond donors (Lipinski definition) is 1. The molecule has 68 valence electrons. The Morgan fingerprint density at radius 1 is 1.18 bits per heavy atom. The van der Waals surface area contributed by atoms with Crippen LogP contribution in [-0.2, 0) is 0 Å². The second-order valence-corrected chi connectivity index (χ2v) is 4.01. The van der Waals surface area contributed by atoms with E-state index in [0.717, 1.165) is 12.8 Å². The minimum absolute atomic E-state index is 0.0729. The molecule has 1 heteroatoms. The standard InChI is InChI=1S/C10H22O/c1-6-9(7-2)10(4,5)8(3)11/h8-9,11H,6-7H2,1-5H3. The van der Waals surface area contributed by atoms with Gasteiger partial charge in [0, 0.05) is 0 Å². The first-order valence-electron chi connectivity index (χ1n) is 4.64. The minimum atomic E-state index is -0.201. The van der Waals surface area contributed by atoms with Crippen molar-refractivity contribution in [2.45, 2.75) is 53.6 Å². The highest BCUT2D eigenvalue weighted by Crippen LogP contribution is 2.34. The number of hydrogen-bond acceptors (Lipinski definition) is 1. The van der Waals surface area contributed by atoms with E-state index in [2.05, 4.69) is 27.7 Å². The molecule has 0 bridgehead atoms. The van der Waals surface area contributed by atoms with Gasteiger partial charge in [0.15, 0.2) is 0 Å². The van der Waals surface area contributed by atoms with Crippen molar-refractivity contribution < 1.29 is 5.11 Å². The third kappa shape index (κ3) is 2.48. The fourth-order valence-electron chi connectivity index (χ4n) is 1.68. The number of aliphatic hydroxyl groups is 1. The summed E-state index contributed by atoms with van der Waals surface area (Å²) in [7, 11) is 0. The Bertz CT molecular complexity index is 101. The zero-order valence-electron chi connectivity index (χ0n) is 8.52. The summed E-state index contributed by atoms with van der Waals surface area (Å²) in [6, 6.07) is 0. The first-order valence-corrected chi connectivity index (χ1v) is 4.64. The van der Waals surface area contributed by atoms with Gasteiger partial charge in [0.05, 0.1) is 6.10 Å². The molecule has 0 saturated carbocycles. The molecule has 0 aliphatic rings. The van der Waals surface area contributed by atoms with Crippen LogP contribution in [0.15, 0.2) is 0 Å². The molecule has 1 atom stereocenters. The van der Waals surface area contributed by atoms with E-state index in [1.165, 1.54) is 0 Å². The van der Waals surface area contributed by atoms with Crippen LogP contribution in [0.2, 0.25) is 0 Å². The molecule has 0 aromatic carbocycles. The minimum Gasteiger partial charge on any atom is -0.393 e. The maximum atomic E-state index is 9.51. The summed E-state index contributed by atoms with van der Waals surface area (Å²) >= 11 is 0. The van der Waals surface area contributed by atoms with E-state index in [9.17, 15) is 5.11 Å². The zero-order chi connectivity index (χ0) is 9.07. The average molecular weight is 158 g/mol. The maximum absolute atomic E-state index is 9.51. The van der Waals surface area contributed by atoms with Gasteiger partial charge in [0.1, 0.15) is 0 Å². The summed E-state index contributed by atoms with van der Waals surface area (Å²) in [5.41, 5.74) is 0.0729. The molecule has 0 rings (SSSR count). The molecule has 0 amide bonds. The molecule has 0 heterocycles. The van der Waals surface area contributed by atoms with Crippen LogP contribution < -0.4 is 0 Å². The highest BCUT2D eigenvalue weighted by molar-refractivity contribution is 4.81. The normalized spacial score (nSPS) is 15.5. The van der Waals surface area contributed by atoms with Crippen molar-refractivity contribution in [2.75, 3.05) is 0 Å². The van der Waals surface area contributed by atoms with E-state index < -0.39 is 0 Å². The van der Waals surface area contributed by atoms with E-state index in [1.54, 1.807) is 0 Å². The van der Waals surface area contributed by atoms with E-state index in [1.807, 2.05) is 6.92 Å². The lowest BCUT2D eigenvalue weighted by Crippen LogP contribution is -2.34. The van der Waals surface area contributed by atoms with E-state index in [0.29, 0.717) is 5.92 Å². The van der Waals surface area contributed by atoms with Crippen LogP contribution in [0.25, 0.3) is 0 Å². The number of rotatable bonds is 4. The second kappa shape index (κ2) is 4.10. The molecule has 11 heavy (non-hydrogen) atoms. The Labute approximate surface area is 70.8 Å². The highest BCUT2D eigenvalue weighted by atomic mass is 16.3. The van der Waals surface area contributed by atoms with Gasteiger partial charge in [-0.15, -0.1) is 0 Å². The fourth-order valence-corrected chi connectivity index (χ4v) is 1.68. The van der Waals surface area contributed by atoms with Gasteiger partial charge in [-0.05, 0) is 18.3 Å². The molecule has 0 aliphatic heterocycles. The van der Waals surface area contributed by atoms with Gasteiger partial charge in [-0.25, -0.2) is 0 Å². The Kier molecular flexibility index (Phi) is 4.09. The van der Waals surface area contributed by atoms with Crippen LogP contribution >= 0.6 is 0 Å². The molecule has 0 aromatic rings. The third-order valence-corrected chi connectivity index (χ3v) is 3.11. The Morgan fingerprint density at radius 3 is 1.64 bits per heavy atom. The van der Waals surface area contributed by atoms with Gasteiger partial charge in [0.25, 0.3) is 0 Å². The van der Waals surface area contributed by atoms with Crippen LogP contribution in [0.3, 0.4) is 0 Å². The van der Waals surface area contributed by atoms with Crippen molar-refractivity contribution in [3.05, 3.63) is 0 Å². The van der Waals surface area contributed by atoms with Gasteiger partial charge in [-0.2, -0.15) is 0 Å². The summed E-state index contributed by atoms with van der Waals surface area (Å²) in [5, 5.41) is 9.51. The van der Waals surface area contributed by atoms with Crippen LogP contribution in [0.4, 0.5) is 0 Å². The van der Waals surface area contributed by atoms with Crippen LogP contribution in [0.5, 0.6) is 0 Å². The molecule has 1 unspecified atom stereocenters. The molecule has 0 aromatic heterocycles. The van der Waals surface area contributed by atoms with Gasteiger partial charge >= 0.3 is 0 Å². The largest absolute Gasteiger partial charge is 0.393 e. The van der Waals surface area contributed by atoms with Gasteiger partial charge in [0.2, 0.25) is 0 Å². The molecule has 0 aliphatic carbocycles. The first kappa shape index (κ1) is 11.0. The van der Waals surface area contributed by atoms with Gasteiger partial charge in [-0.3, -0.25) is 0 Å². The van der Waals surface area contributed by atoms with Crippen molar-refractivity contribution in [1.82, 2.24) is 0 Å². The SMILES string of the molecule is CCC(CC)C(C)(C)C(C)O. The number of aliphatic hydroxyl groups excluding tert-OH is 1. The summed E-state index contributed by atoms with van der Waals surface area (Å²) < 4.78 is 0. The predicted molar refractivity (Wildman–Crippen MR) is 49.5 cm³/mol. The molecule has 0 saturated heterocycles. The molecule has 0 fully saturated rings. The van der Waals surface area contributed by atoms with E-state index in [4.69, 9.17) is 0 Å². The van der Waals surface area contributed by atoms with Crippen LogP contribution in [0, 0.1) is 11.3 Å². The average Bonchev–Trinajstić information content (AvgIpc) is 1.89. The van der Waals surface area contributed by atoms with Crippen LogP contribution in [-0.4, -0.2) is 11.2 Å². The molecular weight excluding hydrogens is 136 g/mol. The van der Waals surface area contributed by atoms with Crippen molar-refractivity contribution >= 4 is 0 Å². The van der Waals surface area contributed by atoms with E-state index in [-0.39, 0.29) is 11.5 Å². The fraction of sp³-hybridized carbons (Fsp3) is 1.00. The topological polar surface area (TPSA) is 20.2 Å². The van der Waals surface area contributed by atoms with Crippen molar-refractivity contribution in [3.8, 4) is 0 Å². The lowest BCUT2D eigenvalue weighted by atomic mass is 9.72. The lowest BCUT2D eigenvalue weighted by Gasteiger charge is -2.35. The zero-order valence-corrected chi connectivity index (χ0v) is 8.52. The quantitative estimate of drug-likeness (QED) is 0.667. The molecule has 1 N–H and O–H groups in total. The Hall–Kier alpha value is -0.0400. The van der Waals surface area contributed by atoms with Gasteiger partial charge in [-0.1, -0.05) is 40.5 Å². The highest BCUT2D eigenvalue weighted by Gasteiger charge is 2.31. The molecule has 1 nitrogen and oxygen atoms in total. The Morgan fingerprint density at radius 2 is 1.55 bits per heavy atom. The third-order valence-electron chi connectivity index (χ3n) is 3.11. The Balaban J connectivity index is 4.24. The van der Waals surface area contributed by atoms with Crippen molar-refractivity contribution in [2.24, 2.45) is 11.3 Å². The summed E-state index contributed by atoms with van der Waals surface area (Å²) in [6.45, 7) is 10.6. The van der Waals surface area contributed by atoms with Crippen molar-refractivity contribution in [1.29, 1.82) is 0 Å². The van der Waals surface area contributed by atoms with E-state index >= 15 is 0 Å².